The minimum Gasteiger partial charge on any atom is -0.461 e. The summed E-state index contributed by atoms with van der Waals surface area (Å²) in [4.78, 5) is 26.0. The molecule has 0 bridgehead atoms. The number of ether oxygens (including phenoxy) is 1. The van der Waals surface area contributed by atoms with Crippen LogP contribution in [0.25, 0.3) is 0 Å². The molecule has 0 aliphatic carbocycles. The van der Waals surface area contributed by atoms with Crippen molar-refractivity contribution in [3.05, 3.63) is 58.7 Å². The first-order valence-electron chi connectivity index (χ1n) is 11.5. The first-order chi connectivity index (χ1) is 16.0. The van der Waals surface area contributed by atoms with Crippen molar-refractivity contribution in [1.29, 1.82) is 0 Å². The Morgan fingerprint density at radius 1 is 1.15 bits per heavy atom. The van der Waals surface area contributed by atoms with Crippen LogP contribution in [0.5, 0.6) is 0 Å². The van der Waals surface area contributed by atoms with E-state index in [1.807, 2.05) is 26.8 Å². The number of rotatable bonds is 10. The molecule has 0 saturated carbocycles. The van der Waals surface area contributed by atoms with Gasteiger partial charge in [-0.15, -0.1) is 0 Å². The van der Waals surface area contributed by atoms with E-state index in [-0.39, 0.29) is 35.6 Å². The summed E-state index contributed by atoms with van der Waals surface area (Å²) in [6, 6.07) is 9.82. The number of carbonyl (C=O) groups excluding carboxylic acids is 2. The van der Waals surface area contributed by atoms with E-state index < -0.39 is 22.9 Å². The van der Waals surface area contributed by atoms with Crippen molar-refractivity contribution in [2.24, 2.45) is 11.8 Å². The summed E-state index contributed by atoms with van der Waals surface area (Å²) in [6.45, 7) is 6.13. The van der Waals surface area contributed by atoms with Crippen LogP contribution in [-0.4, -0.2) is 38.6 Å². The van der Waals surface area contributed by atoms with E-state index in [2.05, 4.69) is 0 Å². The molecule has 1 aliphatic rings. The van der Waals surface area contributed by atoms with Crippen molar-refractivity contribution < 1.29 is 32.4 Å². The number of sulfone groups is 1. The van der Waals surface area contributed by atoms with Gasteiger partial charge in [0.1, 0.15) is 6.61 Å². The summed E-state index contributed by atoms with van der Waals surface area (Å²) in [6.07, 6.45) is 2.27. The molecule has 2 aromatic rings. The zero-order chi connectivity index (χ0) is 25.0. The SMILES string of the molecule is CCc1c(C(=O)CC[C@H](C(=O)OCc2ccc(S(C)(=O)=O)cc2)C(C)C)ccc2c1B(O)OC2. The minimum absolute atomic E-state index is 0.0196. The standard InChI is InChI=1S/C25H31BO7S/c1-5-20-22(11-8-18-15-33-26(29)24(18)20)23(27)13-12-21(16(2)3)25(28)32-14-17-6-9-19(10-7-17)34(4,30)31/h6-11,16,21,29H,5,12-15H2,1-4H3/t21-/m0/s1. The van der Waals surface area contributed by atoms with Crippen molar-refractivity contribution in [2.45, 2.75) is 58.1 Å². The number of ketones is 1. The number of esters is 1. The predicted octanol–water partition coefficient (Wildman–Crippen LogP) is 2.85. The van der Waals surface area contributed by atoms with Crippen molar-refractivity contribution in [3.63, 3.8) is 0 Å². The van der Waals surface area contributed by atoms with Crippen molar-refractivity contribution in [1.82, 2.24) is 0 Å². The molecule has 34 heavy (non-hydrogen) atoms. The van der Waals surface area contributed by atoms with Gasteiger partial charge in [0, 0.05) is 18.2 Å². The zero-order valence-electron chi connectivity index (χ0n) is 20.0. The monoisotopic (exact) mass is 486 g/mol. The van der Waals surface area contributed by atoms with Crippen LogP contribution in [-0.2, 0) is 43.7 Å². The van der Waals surface area contributed by atoms with E-state index in [0.29, 0.717) is 36.0 Å². The molecular weight excluding hydrogens is 455 g/mol. The Balaban J connectivity index is 1.64. The lowest BCUT2D eigenvalue weighted by molar-refractivity contribution is -0.151. The first-order valence-corrected chi connectivity index (χ1v) is 13.3. The molecule has 0 spiro atoms. The fraction of sp³-hybridized carbons (Fsp3) is 0.440. The van der Waals surface area contributed by atoms with Gasteiger partial charge in [0.25, 0.3) is 0 Å². The van der Waals surface area contributed by atoms with Crippen LogP contribution < -0.4 is 5.46 Å². The molecule has 1 heterocycles. The highest BCUT2D eigenvalue weighted by Gasteiger charge is 2.32. The van der Waals surface area contributed by atoms with E-state index >= 15 is 0 Å². The second-order valence-corrected chi connectivity index (χ2v) is 11.0. The lowest BCUT2D eigenvalue weighted by atomic mass is 9.73. The van der Waals surface area contributed by atoms with Crippen molar-refractivity contribution in [3.8, 4) is 0 Å². The number of hydrogen-bond donors (Lipinski definition) is 1. The van der Waals surface area contributed by atoms with E-state index in [1.165, 1.54) is 12.1 Å². The molecule has 0 saturated heterocycles. The maximum absolute atomic E-state index is 13.0. The molecule has 9 heteroatoms. The highest BCUT2D eigenvalue weighted by molar-refractivity contribution is 7.90. The maximum Gasteiger partial charge on any atom is 0.492 e. The normalized spacial score (nSPS) is 14.2. The van der Waals surface area contributed by atoms with E-state index in [4.69, 9.17) is 9.39 Å². The Hall–Kier alpha value is -2.49. The van der Waals surface area contributed by atoms with Crippen LogP contribution in [0.1, 0.15) is 60.7 Å². The zero-order valence-corrected chi connectivity index (χ0v) is 20.9. The summed E-state index contributed by atoms with van der Waals surface area (Å²) >= 11 is 0. The third-order valence-electron chi connectivity index (χ3n) is 6.27. The molecule has 0 radical (unpaired) electrons. The second-order valence-electron chi connectivity index (χ2n) is 9.02. The molecule has 0 fully saturated rings. The van der Waals surface area contributed by atoms with Crippen LogP contribution in [0.15, 0.2) is 41.3 Å². The Kier molecular flexibility index (Phi) is 8.33. The van der Waals surface area contributed by atoms with Crippen molar-refractivity contribution >= 4 is 34.2 Å². The van der Waals surface area contributed by atoms with Gasteiger partial charge >= 0.3 is 13.1 Å². The van der Waals surface area contributed by atoms with Crippen LogP contribution in [0.3, 0.4) is 0 Å². The van der Waals surface area contributed by atoms with Crippen LogP contribution >= 0.6 is 0 Å². The average Bonchev–Trinajstić information content (AvgIpc) is 3.17. The molecule has 0 aromatic heterocycles. The molecule has 182 valence electrons. The third-order valence-corrected chi connectivity index (χ3v) is 7.40. The van der Waals surface area contributed by atoms with E-state index in [0.717, 1.165) is 17.4 Å². The van der Waals surface area contributed by atoms with E-state index in [1.54, 1.807) is 18.2 Å². The summed E-state index contributed by atoms with van der Waals surface area (Å²) in [5.41, 5.74) is 3.64. The Labute approximate surface area is 201 Å². The maximum atomic E-state index is 13.0. The van der Waals surface area contributed by atoms with Gasteiger partial charge in [-0.05, 0) is 53.0 Å². The summed E-state index contributed by atoms with van der Waals surface area (Å²) in [5.74, 6) is -0.932. The van der Waals surface area contributed by atoms with Gasteiger partial charge < -0.3 is 14.4 Å². The van der Waals surface area contributed by atoms with E-state index in [9.17, 15) is 23.0 Å². The number of fused-ring (bicyclic) bond motifs is 1. The molecule has 3 rings (SSSR count). The number of benzene rings is 2. The van der Waals surface area contributed by atoms with Gasteiger partial charge in [0.15, 0.2) is 15.6 Å². The molecule has 1 aliphatic heterocycles. The van der Waals surface area contributed by atoms with Gasteiger partial charge in [-0.3, -0.25) is 9.59 Å². The lowest BCUT2D eigenvalue weighted by Gasteiger charge is -2.20. The Morgan fingerprint density at radius 2 is 1.82 bits per heavy atom. The van der Waals surface area contributed by atoms with Crippen molar-refractivity contribution in [2.75, 3.05) is 6.26 Å². The fourth-order valence-corrected chi connectivity index (χ4v) is 4.91. The third kappa shape index (κ3) is 5.95. The Morgan fingerprint density at radius 3 is 2.41 bits per heavy atom. The van der Waals surface area contributed by atoms with Gasteiger partial charge in [0.05, 0.1) is 17.4 Å². The Bertz CT molecular complexity index is 1160. The average molecular weight is 486 g/mol. The molecule has 2 aromatic carbocycles. The summed E-state index contributed by atoms with van der Waals surface area (Å²) < 4.78 is 34.0. The first kappa shape index (κ1) is 26.1. The highest BCUT2D eigenvalue weighted by atomic mass is 32.2. The fourth-order valence-electron chi connectivity index (χ4n) is 4.28. The molecular formula is C25H31BO7S. The number of Topliss-reactive ketones (excluding diaryl/α,β-unsaturated/α-hetero) is 1. The van der Waals surface area contributed by atoms with Crippen LogP contribution in [0.4, 0.5) is 0 Å². The second kappa shape index (κ2) is 10.8. The largest absolute Gasteiger partial charge is 0.492 e. The van der Waals surface area contributed by atoms with Crippen LogP contribution in [0, 0.1) is 11.8 Å². The van der Waals surface area contributed by atoms with Crippen LogP contribution in [0.2, 0.25) is 0 Å². The molecule has 0 amide bonds. The number of carbonyl (C=O) groups is 2. The molecule has 7 nitrogen and oxygen atoms in total. The van der Waals surface area contributed by atoms with Gasteiger partial charge in [-0.2, -0.15) is 0 Å². The summed E-state index contributed by atoms with van der Waals surface area (Å²) in [5, 5.41) is 10.1. The minimum atomic E-state index is -3.29. The lowest BCUT2D eigenvalue weighted by Crippen LogP contribution is -2.33. The quantitative estimate of drug-likeness (QED) is 0.313. The summed E-state index contributed by atoms with van der Waals surface area (Å²) in [7, 11) is -4.30. The van der Waals surface area contributed by atoms with Gasteiger partial charge in [-0.1, -0.05) is 45.0 Å². The highest BCUT2D eigenvalue weighted by Crippen LogP contribution is 2.24. The molecule has 1 N–H and O–H groups in total. The predicted molar refractivity (Wildman–Crippen MR) is 129 cm³/mol. The van der Waals surface area contributed by atoms with Gasteiger partial charge in [-0.25, -0.2) is 8.42 Å². The molecule has 0 unspecified atom stereocenters. The topological polar surface area (TPSA) is 107 Å². The smallest absolute Gasteiger partial charge is 0.461 e. The number of hydrogen-bond acceptors (Lipinski definition) is 7. The molecule has 1 atom stereocenters. The van der Waals surface area contributed by atoms with Gasteiger partial charge in [0.2, 0.25) is 0 Å².